The van der Waals surface area contributed by atoms with E-state index in [1.165, 1.54) is 11.1 Å². The normalized spacial score (nSPS) is 11.4. The molecule has 0 atom stereocenters. The van der Waals surface area contributed by atoms with Crippen LogP contribution in [0.3, 0.4) is 0 Å². The zero-order valence-electron chi connectivity index (χ0n) is 8.23. The van der Waals surface area contributed by atoms with E-state index < -0.39 is 0 Å². The van der Waals surface area contributed by atoms with E-state index in [1.807, 2.05) is 36.4 Å². The van der Waals surface area contributed by atoms with Crippen LogP contribution < -0.4 is 0 Å². The van der Waals surface area contributed by atoms with Crippen molar-refractivity contribution in [1.29, 1.82) is 0 Å². The van der Waals surface area contributed by atoms with Crippen LogP contribution in [0.4, 0.5) is 0 Å². The second kappa shape index (κ2) is 4.94. The summed E-state index contributed by atoms with van der Waals surface area (Å²) in [5.74, 6) is 0. The lowest BCUT2D eigenvalue weighted by atomic mass is 10.1. The van der Waals surface area contributed by atoms with E-state index in [1.54, 1.807) is 0 Å². The summed E-state index contributed by atoms with van der Waals surface area (Å²) in [5, 5.41) is 0. The first-order valence-corrected chi connectivity index (χ1v) is 5.63. The smallest absolute Gasteiger partial charge is 0.0253 e. The Bertz CT molecular complexity index is 443. The molecule has 0 bridgehead atoms. The molecule has 2 rings (SSSR count). The zero-order valence-corrected chi connectivity index (χ0v) is 9.81. The highest BCUT2D eigenvalue weighted by atomic mass is 79.9. The van der Waals surface area contributed by atoms with Gasteiger partial charge in [-0.15, -0.1) is 0 Å². The third kappa shape index (κ3) is 2.80. The van der Waals surface area contributed by atoms with Gasteiger partial charge in [0.2, 0.25) is 0 Å². The summed E-state index contributed by atoms with van der Waals surface area (Å²) in [7, 11) is 0. The SMILES string of the molecule is Br/C(=C\c1ccccc1)c1ccccc1. The maximum absolute atomic E-state index is 3.58. The van der Waals surface area contributed by atoms with Gasteiger partial charge in [0.05, 0.1) is 0 Å². The van der Waals surface area contributed by atoms with Crippen LogP contribution >= 0.6 is 15.9 Å². The Morgan fingerprint density at radius 2 is 1.33 bits per heavy atom. The summed E-state index contributed by atoms with van der Waals surface area (Å²) in [6, 6.07) is 20.5. The number of hydrogen-bond acceptors (Lipinski definition) is 0. The first kappa shape index (κ1) is 10.2. The van der Waals surface area contributed by atoms with E-state index in [0.717, 1.165) is 4.48 Å². The fraction of sp³-hybridized carbons (Fsp3) is 0. The fourth-order valence-corrected chi connectivity index (χ4v) is 1.90. The molecule has 0 heterocycles. The van der Waals surface area contributed by atoms with Crippen LogP contribution in [0.15, 0.2) is 60.7 Å². The van der Waals surface area contributed by atoms with Gasteiger partial charge in [-0.25, -0.2) is 0 Å². The van der Waals surface area contributed by atoms with Gasteiger partial charge in [0.15, 0.2) is 0 Å². The molecule has 0 saturated carbocycles. The molecule has 0 amide bonds. The van der Waals surface area contributed by atoms with Gasteiger partial charge in [-0.1, -0.05) is 76.6 Å². The Morgan fingerprint density at radius 3 is 1.93 bits per heavy atom. The molecule has 74 valence electrons. The van der Waals surface area contributed by atoms with Crippen molar-refractivity contribution in [3.05, 3.63) is 71.8 Å². The molecule has 2 aromatic carbocycles. The van der Waals surface area contributed by atoms with Crippen LogP contribution in [0.1, 0.15) is 11.1 Å². The summed E-state index contributed by atoms with van der Waals surface area (Å²) in [4.78, 5) is 0. The number of hydrogen-bond donors (Lipinski definition) is 0. The third-order valence-electron chi connectivity index (χ3n) is 2.14. The lowest BCUT2D eigenvalue weighted by molar-refractivity contribution is 1.64. The minimum Gasteiger partial charge on any atom is -0.0622 e. The van der Waals surface area contributed by atoms with Crippen LogP contribution in [-0.2, 0) is 0 Å². The molecule has 0 nitrogen and oxygen atoms in total. The quantitative estimate of drug-likeness (QED) is 0.692. The fourth-order valence-electron chi connectivity index (χ4n) is 1.38. The molecule has 0 unspecified atom stereocenters. The van der Waals surface area contributed by atoms with Crippen molar-refractivity contribution in [2.45, 2.75) is 0 Å². The Hall–Kier alpha value is -1.34. The molecular formula is C14H11Br. The summed E-state index contributed by atoms with van der Waals surface area (Å²) >= 11 is 3.58. The first-order chi connectivity index (χ1) is 7.36. The largest absolute Gasteiger partial charge is 0.0622 e. The van der Waals surface area contributed by atoms with Gasteiger partial charge >= 0.3 is 0 Å². The van der Waals surface area contributed by atoms with Crippen molar-refractivity contribution >= 4 is 26.5 Å². The van der Waals surface area contributed by atoms with Crippen LogP contribution in [0.5, 0.6) is 0 Å². The van der Waals surface area contributed by atoms with Crippen molar-refractivity contribution in [2.75, 3.05) is 0 Å². The third-order valence-corrected chi connectivity index (χ3v) is 2.83. The molecule has 0 N–H and O–H groups in total. The average Bonchev–Trinajstić information content (AvgIpc) is 2.31. The standard InChI is InChI=1S/C14H11Br/c15-14(13-9-5-2-6-10-13)11-12-7-3-1-4-8-12/h1-11H/b14-11-. The predicted molar refractivity (Wildman–Crippen MR) is 69.7 cm³/mol. The van der Waals surface area contributed by atoms with Gasteiger partial charge in [-0.2, -0.15) is 0 Å². The first-order valence-electron chi connectivity index (χ1n) is 4.84. The Kier molecular flexibility index (Phi) is 3.36. The molecule has 2 aromatic rings. The lowest BCUT2D eigenvalue weighted by Crippen LogP contribution is -1.75. The highest BCUT2D eigenvalue weighted by Crippen LogP contribution is 2.23. The van der Waals surface area contributed by atoms with Crippen LogP contribution in [0.2, 0.25) is 0 Å². The summed E-state index contributed by atoms with van der Waals surface area (Å²) < 4.78 is 1.11. The summed E-state index contributed by atoms with van der Waals surface area (Å²) in [6.07, 6.45) is 2.12. The minimum absolute atomic E-state index is 1.11. The molecule has 0 saturated heterocycles. The number of halogens is 1. The van der Waals surface area contributed by atoms with Gasteiger partial charge in [0, 0.05) is 4.48 Å². The van der Waals surface area contributed by atoms with E-state index in [-0.39, 0.29) is 0 Å². The zero-order chi connectivity index (χ0) is 10.5. The average molecular weight is 259 g/mol. The highest BCUT2D eigenvalue weighted by Gasteiger charge is 1.95. The molecule has 0 radical (unpaired) electrons. The van der Waals surface area contributed by atoms with Gasteiger partial charge < -0.3 is 0 Å². The van der Waals surface area contributed by atoms with Gasteiger partial charge in [0.25, 0.3) is 0 Å². The van der Waals surface area contributed by atoms with Crippen LogP contribution in [-0.4, -0.2) is 0 Å². The second-order valence-corrected chi connectivity index (χ2v) is 4.12. The van der Waals surface area contributed by atoms with E-state index in [4.69, 9.17) is 0 Å². The Balaban J connectivity index is 2.29. The molecular weight excluding hydrogens is 248 g/mol. The van der Waals surface area contributed by atoms with E-state index in [0.29, 0.717) is 0 Å². The predicted octanol–water partition coefficient (Wildman–Crippen LogP) is 4.58. The summed E-state index contributed by atoms with van der Waals surface area (Å²) in [5.41, 5.74) is 2.40. The Morgan fingerprint density at radius 1 is 0.800 bits per heavy atom. The number of rotatable bonds is 2. The molecule has 1 heteroatoms. The Labute approximate surface area is 98.4 Å². The maximum atomic E-state index is 3.58. The topological polar surface area (TPSA) is 0 Å². The van der Waals surface area contributed by atoms with Gasteiger partial charge in [-0.3, -0.25) is 0 Å². The van der Waals surface area contributed by atoms with Crippen LogP contribution in [0.25, 0.3) is 10.6 Å². The van der Waals surface area contributed by atoms with Crippen molar-refractivity contribution in [3.8, 4) is 0 Å². The maximum Gasteiger partial charge on any atom is 0.0253 e. The number of benzene rings is 2. The van der Waals surface area contributed by atoms with Gasteiger partial charge in [-0.05, 0) is 17.2 Å². The second-order valence-electron chi connectivity index (χ2n) is 3.27. The molecule has 0 aliphatic rings. The highest BCUT2D eigenvalue weighted by molar-refractivity contribution is 9.15. The summed E-state index contributed by atoms with van der Waals surface area (Å²) in [6.45, 7) is 0. The molecule has 0 aliphatic carbocycles. The molecule has 0 aromatic heterocycles. The molecule has 15 heavy (non-hydrogen) atoms. The van der Waals surface area contributed by atoms with E-state index in [9.17, 15) is 0 Å². The van der Waals surface area contributed by atoms with Crippen LogP contribution in [0, 0.1) is 0 Å². The molecule has 0 spiro atoms. The lowest BCUT2D eigenvalue weighted by Gasteiger charge is -1.99. The van der Waals surface area contributed by atoms with E-state index in [2.05, 4.69) is 46.3 Å². The minimum atomic E-state index is 1.11. The van der Waals surface area contributed by atoms with Crippen molar-refractivity contribution in [2.24, 2.45) is 0 Å². The van der Waals surface area contributed by atoms with Crippen molar-refractivity contribution in [3.63, 3.8) is 0 Å². The molecule has 0 aliphatic heterocycles. The van der Waals surface area contributed by atoms with Crippen molar-refractivity contribution in [1.82, 2.24) is 0 Å². The van der Waals surface area contributed by atoms with Gasteiger partial charge in [0.1, 0.15) is 0 Å². The van der Waals surface area contributed by atoms with Crippen molar-refractivity contribution < 1.29 is 0 Å². The monoisotopic (exact) mass is 258 g/mol. The molecule has 0 fully saturated rings. The van der Waals surface area contributed by atoms with E-state index >= 15 is 0 Å².